The Labute approximate surface area is 146 Å². The van der Waals surface area contributed by atoms with Crippen molar-refractivity contribution in [1.29, 1.82) is 0 Å². The van der Waals surface area contributed by atoms with Crippen molar-refractivity contribution < 1.29 is 4.39 Å². The standard InChI is InChI=1S/C19H24FN3O2/c1-21-17(12-18(24)22(2)19(21)25)13-23-9-7-15(8-10-23)11-14-3-5-16(20)6-4-14/h3-6,12,15H,7-11,13H2,1-2H3. The summed E-state index contributed by atoms with van der Waals surface area (Å²) in [4.78, 5) is 26.1. The molecule has 0 unspecified atom stereocenters. The van der Waals surface area contributed by atoms with Crippen LogP contribution in [-0.4, -0.2) is 27.1 Å². The van der Waals surface area contributed by atoms with Crippen LogP contribution >= 0.6 is 0 Å². The Morgan fingerprint density at radius 2 is 1.68 bits per heavy atom. The van der Waals surface area contributed by atoms with E-state index >= 15 is 0 Å². The van der Waals surface area contributed by atoms with Gasteiger partial charge in [0.2, 0.25) is 0 Å². The van der Waals surface area contributed by atoms with Gasteiger partial charge in [-0.25, -0.2) is 9.18 Å². The van der Waals surface area contributed by atoms with Gasteiger partial charge in [0.15, 0.2) is 0 Å². The van der Waals surface area contributed by atoms with Gasteiger partial charge in [-0.2, -0.15) is 0 Å². The first-order chi connectivity index (χ1) is 11.9. The van der Waals surface area contributed by atoms with Crippen molar-refractivity contribution in [2.24, 2.45) is 20.0 Å². The minimum Gasteiger partial charge on any atom is -0.299 e. The molecule has 0 spiro atoms. The number of benzene rings is 1. The Bertz CT molecular complexity index is 846. The largest absolute Gasteiger partial charge is 0.330 e. The molecule has 0 amide bonds. The van der Waals surface area contributed by atoms with Crippen LogP contribution in [0, 0.1) is 11.7 Å². The summed E-state index contributed by atoms with van der Waals surface area (Å²) in [7, 11) is 3.20. The smallest absolute Gasteiger partial charge is 0.299 e. The number of hydrogen-bond acceptors (Lipinski definition) is 3. The van der Waals surface area contributed by atoms with Gasteiger partial charge in [-0.15, -0.1) is 0 Å². The van der Waals surface area contributed by atoms with Crippen LogP contribution in [0.2, 0.25) is 0 Å². The monoisotopic (exact) mass is 345 g/mol. The quantitative estimate of drug-likeness (QED) is 0.847. The van der Waals surface area contributed by atoms with Gasteiger partial charge in [-0.1, -0.05) is 12.1 Å². The van der Waals surface area contributed by atoms with Gasteiger partial charge in [0.05, 0.1) is 0 Å². The zero-order chi connectivity index (χ0) is 18.0. The molecule has 5 nitrogen and oxygen atoms in total. The number of rotatable bonds is 4. The number of likely N-dealkylation sites (tertiary alicyclic amines) is 1. The molecule has 0 N–H and O–H groups in total. The van der Waals surface area contributed by atoms with E-state index in [4.69, 9.17) is 0 Å². The molecule has 0 atom stereocenters. The molecule has 1 aliphatic rings. The summed E-state index contributed by atoms with van der Waals surface area (Å²) in [5, 5.41) is 0. The molecule has 0 bridgehead atoms. The van der Waals surface area contributed by atoms with Crippen LogP contribution in [0.4, 0.5) is 4.39 Å². The number of hydrogen-bond donors (Lipinski definition) is 0. The van der Waals surface area contributed by atoms with Gasteiger partial charge in [0, 0.05) is 32.4 Å². The topological polar surface area (TPSA) is 47.2 Å². The van der Waals surface area contributed by atoms with Crippen molar-refractivity contribution in [3.63, 3.8) is 0 Å². The highest BCUT2D eigenvalue weighted by molar-refractivity contribution is 5.16. The van der Waals surface area contributed by atoms with E-state index < -0.39 is 0 Å². The molecular weight excluding hydrogens is 321 g/mol. The van der Waals surface area contributed by atoms with Crippen molar-refractivity contribution in [3.8, 4) is 0 Å². The van der Waals surface area contributed by atoms with Crippen molar-refractivity contribution in [2.75, 3.05) is 13.1 Å². The molecule has 1 aromatic carbocycles. The van der Waals surface area contributed by atoms with Crippen LogP contribution in [-0.2, 0) is 27.1 Å². The average Bonchev–Trinajstić information content (AvgIpc) is 2.61. The van der Waals surface area contributed by atoms with Gasteiger partial charge < -0.3 is 0 Å². The minimum atomic E-state index is -0.284. The van der Waals surface area contributed by atoms with E-state index in [0.717, 1.165) is 42.6 Å². The van der Waals surface area contributed by atoms with Crippen LogP contribution < -0.4 is 11.2 Å². The summed E-state index contributed by atoms with van der Waals surface area (Å²) in [6, 6.07) is 8.29. The lowest BCUT2D eigenvalue weighted by molar-refractivity contribution is 0.173. The predicted octanol–water partition coefficient (Wildman–Crippen LogP) is 1.68. The van der Waals surface area contributed by atoms with Gasteiger partial charge in [0.25, 0.3) is 5.56 Å². The van der Waals surface area contributed by atoms with E-state index in [1.54, 1.807) is 17.7 Å². The van der Waals surface area contributed by atoms with Crippen molar-refractivity contribution in [1.82, 2.24) is 14.0 Å². The molecule has 1 aliphatic heterocycles. The van der Waals surface area contributed by atoms with E-state index in [9.17, 15) is 14.0 Å². The zero-order valence-electron chi connectivity index (χ0n) is 14.7. The minimum absolute atomic E-state index is 0.196. The second-order valence-corrected chi connectivity index (χ2v) is 6.92. The molecule has 1 fully saturated rings. The van der Waals surface area contributed by atoms with E-state index in [-0.39, 0.29) is 17.1 Å². The highest BCUT2D eigenvalue weighted by Gasteiger charge is 2.20. The predicted molar refractivity (Wildman–Crippen MR) is 95.0 cm³/mol. The maximum absolute atomic E-state index is 13.0. The van der Waals surface area contributed by atoms with Gasteiger partial charge in [-0.05, 0) is 56.0 Å². The fourth-order valence-electron chi connectivity index (χ4n) is 3.46. The van der Waals surface area contributed by atoms with Gasteiger partial charge in [-0.3, -0.25) is 18.8 Å². The van der Waals surface area contributed by atoms with E-state index in [2.05, 4.69) is 4.90 Å². The van der Waals surface area contributed by atoms with Crippen LogP contribution in [0.25, 0.3) is 0 Å². The Kier molecular flexibility index (Phi) is 5.18. The maximum atomic E-state index is 13.0. The van der Waals surface area contributed by atoms with Crippen LogP contribution in [0.15, 0.2) is 39.9 Å². The Hall–Kier alpha value is -2.21. The van der Waals surface area contributed by atoms with Crippen LogP contribution in [0.5, 0.6) is 0 Å². The Morgan fingerprint density at radius 3 is 2.32 bits per heavy atom. The Balaban J connectivity index is 1.59. The summed E-state index contributed by atoms with van der Waals surface area (Å²) >= 11 is 0. The SMILES string of the molecule is Cn1c(CN2CCC(Cc3ccc(F)cc3)CC2)cc(=O)n(C)c1=O. The molecule has 1 saturated heterocycles. The number of halogens is 1. The first-order valence-corrected chi connectivity index (χ1v) is 8.67. The van der Waals surface area contributed by atoms with Crippen molar-refractivity contribution >= 4 is 0 Å². The number of aromatic nitrogens is 2. The summed E-state index contributed by atoms with van der Waals surface area (Å²) < 4.78 is 15.7. The highest BCUT2D eigenvalue weighted by atomic mass is 19.1. The van der Waals surface area contributed by atoms with Crippen LogP contribution in [0.1, 0.15) is 24.1 Å². The Morgan fingerprint density at radius 1 is 1.04 bits per heavy atom. The van der Waals surface area contributed by atoms with Crippen molar-refractivity contribution in [2.45, 2.75) is 25.8 Å². The maximum Gasteiger partial charge on any atom is 0.330 e. The lowest BCUT2D eigenvalue weighted by Crippen LogP contribution is -2.41. The van der Waals surface area contributed by atoms with E-state index in [1.165, 1.54) is 24.7 Å². The molecule has 134 valence electrons. The molecule has 0 radical (unpaired) electrons. The van der Waals surface area contributed by atoms with E-state index in [1.807, 2.05) is 12.1 Å². The summed E-state index contributed by atoms with van der Waals surface area (Å²) in [6.07, 6.45) is 3.10. The molecule has 6 heteroatoms. The van der Waals surface area contributed by atoms with Crippen molar-refractivity contribution in [3.05, 3.63) is 68.2 Å². The summed E-state index contributed by atoms with van der Waals surface area (Å²) in [5.41, 5.74) is 1.39. The lowest BCUT2D eigenvalue weighted by Gasteiger charge is -2.32. The number of nitrogens with zero attached hydrogens (tertiary/aromatic N) is 3. The van der Waals surface area contributed by atoms with E-state index in [0.29, 0.717) is 12.5 Å². The first kappa shape index (κ1) is 17.6. The molecule has 0 aliphatic carbocycles. The fourth-order valence-corrected chi connectivity index (χ4v) is 3.46. The fraction of sp³-hybridized carbons (Fsp3) is 0.474. The normalized spacial score (nSPS) is 16.3. The lowest BCUT2D eigenvalue weighted by atomic mass is 9.90. The second kappa shape index (κ2) is 7.35. The third-order valence-electron chi connectivity index (χ3n) is 5.16. The molecule has 0 saturated carbocycles. The second-order valence-electron chi connectivity index (χ2n) is 6.92. The van der Waals surface area contributed by atoms with Crippen LogP contribution in [0.3, 0.4) is 0 Å². The van der Waals surface area contributed by atoms with Gasteiger partial charge >= 0.3 is 5.69 Å². The summed E-state index contributed by atoms with van der Waals surface area (Å²) in [6.45, 7) is 2.50. The average molecular weight is 345 g/mol. The molecule has 2 heterocycles. The molecule has 1 aromatic heterocycles. The molecule has 2 aromatic rings. The number of piperidine rings is 1. The molecule has 3 rings (SSSR count). The summed E-state index contributed by atoms with van der Waals surface area (Å²) in [5.74, 6) is 0.396. The first-order valence-electron chi connectivity index (χ1n) is 8.67. The third kappa shape index (κ3) is 4.07. The third-order valence-corrected chi connectivity index (χ3v) is 5.16. The van der Waals surface area contributed by atoms with Gasteiger partial charge in [0.1, 0.15) is 5.82 Å². The molecule has 25 heavy (non-hydrogen) atoms. The highest BCUT2D eigenvalue weighted by Crippen LogP contribution is 2.22. The molecular formula is C19H24FN3O2. The zero-order valence-corrected chi connectivity index (χ0v) is 14.7.